The fourth-order valence-corrected chi connectivity index (χ4v) is 2.15. The summed E-state index contributed by atoms with van der Waals surface area (Å²) in [5.74, 6) is -0.630. The molecular weight excluding hydrogens is 207 g/mol. The molecule has 1 heterocycles. The highest BCUT2D eigenvalue weighted by Crippen LogP contribution is 2.26. The first-order valence-corrected chi connectivity index (χ1v) is 5.48. The van der Waals surface area contributed by atoms with Crippen LogP contribution in [0.15, 0.2) is 18.2 Å². The molecule has 1 saturated heterocycles. The molecule has 1 fully saturated rings. The molecule has 1 aromatic rings. The first-order chi connectivity index (χ1) is 7.66. The molecule has 0 aromatic heterocycles. The van der Waals surface area contributed by atoms with E-state index in [9.17, 15) is 9.18 Å². The number of amides is 1. The number of nitrogens with one attached hydrogen (secondary N) is 1. The lowest BCUT2D eigenvalue weighted by Crippen LogP contribution is -2.26. The lowest BCUT2D eigenvalue weighted by atomic mass is 9.89. The Balaban J connectivity index is 2.28. The summed E-state index contributed by atoms with van der Waals surface area (Å²) in [5.41, 5.74) is 6.31. The number of primary amides is 1. The summed E-state index contributed by atoms with van der Waals surface area (Å²) in [6.07, 6.45) is 1.95. The average Bonchev–Trinajstić information content (AvgIpc) is 2.29. The van der Waals surface area contributed by atoms with Crippen molar-refractivity contribution in [3.05, 3.63) is 35.1 Å². The topological polar surface area (TPSA) is 55.1 Å². The Morgan fingerprint density at radius 2 is 2.00 bits per heavy atom. The zero-order valence-corrected chi connectivity index (χ0v) is 9.00. The summed E-state index contributed by atoms with van der Waals surface area (Å²) in [7, 11) is 0. The molecule has 0 unspecified atom stereocenters. The molecule has 3 N–H and O–H groups in total. The van der Waals surface area contributed by atoms with Crippen molar-refractivity contribution < 1.29 is 9.18 Å². The summed E-state index contributed by atoms with van der Waals surface area (Å²) in [5, 5.41) is 3.25. The number of nitrogens with two attached hydrogens (primary N) is 1. The van der Waals surface area contributed by atoms with Crippen molar-refractivity contribution in [3.8, 4) is 0 Å². The number of carbonyl (C=O) groups excluding carboxylic acids is 1. The highest BCUT2D eigenvalue weighted by atomic mass is 19.1. The van der Waals surface area contributed by atoms with Crippen molar-refractivity contribution in [1.29, 1.82) is 0 Å². The van der Waals surface area contributed by atoms with Crippen LogP contribution < -0.4 is 11.1 Å². The number of hydrogen-bond donors (Lipinski definition) is 2. The number of piperidine rings is 1. The number of carbonyl (C=O) groups is 1. The Labute approximate surface area is 93.8 Å². The maximum atomic E-state index is 13.3. The van der Waals surface area contributed by atoms with Gasteiger partial charge in [0.2, 0.25) is 5.91 Å². The molecular formula is C12H15FN2O. The molecule has 0 aliphatic carbocycles. The van der Waals surface area contributed by atoms with Crippen molar-refractivity contribution in [1.82, 2.24) is 5.32 Å². The monoisotopic (exact) mass is 222 g/mol. The van der Waals surface area contributed by atoms with Crippen molar-refractivity contribution in [2.75, 3.05) is 13.1 Å². The highest BCUT2D eigenvalue weighted by Gasteiger charge is 2.17. The van der Waals surface area contributed by atoms with Crippen LogP contribution in [-0.2, 0) is 0 Å². The minimum atomic E-state index is -0.574. The van der Waals surface area contributed by atoms with Crippen LogP contribution in [0.1, 0.15) is 34.7 Å². The van der Waals surface area contributed by atoms with Crippen LogP contribution in [0.4, 0.5) is 4.39 Å². The quantitative estimate of drug-likeness (QED) is 0.794. The van der Waals surface area contributed by atoms with Gasteiger partial charge in [-0.3, -0.25) is 4.79 Å². The first kappa shape index (κ1) is 11.1. The Morgan fingerprint density at radius 3 is 2.62 bits per heavy atom. The van der Waals surface area contributed by atoms with E-state index in [0.29, 0.717) is 5.92 Å². The van der Waals surface area contributed by atoms with E-state index in [0.717, 1.165) is 31.5 Å². The van der Waals surface area contributed by atoms with Crippen LogP contribution in [0, 0.1) is 5.82 Å². The smallest absolute Gasteiger partial charge is 0.248 e. The third kappa shape index (κ3) is 2.39. The van der Waals surface area contributed by atoms with Gasteiger partial charge in [0, 0.05) is 5.56 Å². The van der Waals surface area contributed by atoms with Gasteiger partial charge in [-0.1, -0.05) is 0 Å². The SMILES string of the molecule is NC(=O)c1cc(F)cc(C2CCNCC2)c1. The summed E-state index contributed by atoms with van der Waals surface area (Å²) >= 11 is 0. The van der Waals surface area contributed by atoms with Gasteiger partial charge < -0.3 is 11.1 Å². The van der Waals surface area contributed by atoms with E-state index in [1.807, 2.05) is 0 Å². The molecule has 0 spiro atoms. The molecule has 0 radical (unpaired) electrons. The Bertz CT molecular complexity index is 400. The van der Waals surface area contributed by atoms with E-state index in [4.69, 9.17) is 5.73 Å². The average molecular weight is 222 g/mol. The molecule has 16 heavy (non-hydrogen) atoms. The van der Waals surface area contributed by atoms with E-state index in [-0.39, 0.29) is 11.4 Å². The van der Waals surface area contributed by atoms with Gasteiger partial charge in [0.05, 0.1) is 0 Å². The predicted molar refractivity (Wildman–Crippen MR) is 59.8 cm³/mol. The van der Waals surface area contributed by atoms with Crippen molar-refractivity contribution in [2.45, 2.75) is 18.8 Å². The van der Waals surface area contributed by atoms with Crippen LogP contribution in [0.5, 0.6) is 0 Å². The molecule has 0 saturated carbocycles. The lowest BCUT2D eigenvalue weighted by molar-refractivity contribution is 0.0999. The van der Waals surface area contributed by atoms with E-state index in [2.05, 4.69) is 5.32 Å². The Hall–Kier alpha value is -1.42. The first-order valence-electron chi connectivity index (χ1n) is 5.48. The van der Waals surface area contributed by atoms with Gasteiger partial charge in [-0.05, 0) is 55.6 Å². The van der Waals surface area contributed by atoms with Gasteiger partial charge in [0.25, 0.3) is 0 Å². The summed E-state index contributed by atoms with van der Waals surface area (Å²) < 4.78 is 13.3. The van der Waals surface area contributed by atoms with Crippen molar-refractivity contribution in [2.24, 2.45) is 5.73 Å². The van der Waals surface area contributed by atoms with Crippen LogP contribution in [0.3, 0.4) is 0 Å². The predicted octanol–water partition coefficient (Wildman–Crippen LogP) is 1.39. The van der Waals surface area contributed by atoms with Crippen molar-refractivity contribution >= 4 is 5.91 Å². The standard InChI is InChI=1S/C12H15FN2O/c13-11-6-9(5-10(7-11)12(14)16)8-1-3-15-4-2-8/h5-8,15H,1-4H2,(H2,14,16). The molecule has 0 bridgehead atoms. The molecule has 1 aliphatic heterocycles. The number of halogens is 1. The minimum absolute atomic E-state index is 0.258. The summed E-state index contributed by atoms with van der Waals surface area (Å²) in [6.45, 7) is 1.88. The van der Waals surface area contributed by atoms with Gasteiger partial charge in [0.1, 0.15) is 5.82 Å². The van der Waals surface area contributed by atoms with Gasteiger partial charge in [-0.25, -0.2) is 4.39 Å². The van der Waals surface area contributed by atoms with E-state index < -0.39 is 5.91 Å². The second kappa shape index (κ2) is 4.61. The molecule has 0 atom stereocenters. The van der Waals surface area contributed by atoms with Crippen molar-refractivity contribution in [3.63, 3.8) is 0 Å². The van der Waals surface area contributed by atoms with Crippen LogP contribution in [0.25, 0.3) is 0 Å². The van der Waals surface area contributed by atoms with Gasteiger partial charge in [0.15, 0.2) is 0 Å². The normalized spacial score (nSPS) is 17.3. The third-order valence-corrected chi connectivity index (χ3v) is 3.02. The Kier molecular flexibility index (Phi) is 3.19. The van der Waals surface area contributed by atoms with Crippen LogP contribution in [0.2, 0.25) is 0 Å². The third-order valence-electron chi connectivity index (χ3n) is 3.02. The number of hydrogen-bond acceptors (Lipinski definition) is 2. The maximum Gasteiger partial charge on any atom is 0.248 e. The van der Waals surface area contributed by atoms with Crippen LogP contribution in [-0.4, -0.2) is 19.0 Å². The molecule has 4 heteroatoms. The minimum Gasteiger partial charge on any atom is -0.366 e. The molecule has 2 rings (SSSR count). The fourth-order valence-electron chi connectivity index (χ4n) is 2.15. The fraction of sp³-hybridized carbons (Fsp3) is 0.417. The van der Waals surface area contributed by atoms with E-state index >= 15 is 0 Å². The number of rotatable bonds is 2. The molecule has 1 aliphatic rings. The highest BCUT2D eigenvalue weighted by molar-refractivity contribution is 5.92. The van der Waals surface area contributed by atoms with Crippen LogP contribution >= 0.6 is 0 Å². The van der Waals surface area contributed by atoms with E-state index in [1.54, 1.807) is 6.07 Å². The zero-order valence-electron chi connectivity index (χ0n) is 9.00. The number of benzene rings is 1. The maximum absolute atomic E-state index is 13.3. The second-order valence-electron chi connectivity index (χ2n) is 4.16. The lowest BCUT2D eigenvalue weighted by Gasteiger charge is -2.23. The molecule has 1 aromatic carbocycles. The largest absolute Gasteiger partial charge is 0.366 e. The summed E-state index contributed by atoms with van der Waals surface area (Å²) in [6, 6.07) is 4.40. The molecule has 86 valence electrons. The Morgan fingerprint density at radius 1 is 1.31 bits per heavy atom. The van der Waals surface area contributed by atoms with Gasteiger partial charge in [-0.15, -0.1) is 0 Å². The molecule has 3 nitrogen and oxygen atoms in total. The zero-order chi connectivity index (χ0) is 11.5. The molecule has 1 amide bonds. The van der Waals surface area contributed by atoms with Gasteiger partial charge >= 0.3 is 0 Å². The summed E-state index contributed by atoms with van der Waals surface area (Å²) in [4.78, 5) is 11.0. The second-order valence-corrected chi connectivity index (χ2v) is 4.16. The van der Waals surface area contributed by atoms with E-state index in [1.165, 1.54) is 12.1 Å². The van der Waals surface area contributed by atoms with Gasteiger partial charge in [-0.2, -0.15) is 0 Å².